The molecule has 2 rings (SSSR count). The molecule has 6 heteroatoms. The molecule has 0 bridgehead atoms. The number of urea groups is 1. The zero-order chi connectivity index (χ0) is 16.1. The molecule has 22 heavy (non-hydrogen) atoms. The highest BCUT2D eigenvalue weighted by molar-refractivity contribution is 5.74. The van der Waals surface area contributed by atoms with E-state index in [0.29, 0.717) is 24.7 Å². The molecule has 2 amide bonds. The monoisotopic (exact) mass is 302 g/mol. The molecule has 1 aromatic heterocycles. The molecular formula is C16H22N4O2. The summed E-state index contributed by atoms with van der Waals surface area (Å²) in [6.45, 7) is 8.28. The summed E-state index contributed by atoms with van der Waals surface area (Å²) in [4.78, 5) is 16.0. The molecular weight excluding hydrogens is 280 g/mol. The van der Waals surface area contributed by atoms with Crippen LogP contribution in [-0.4, -0.2) is 22.7 Å². The molecule has 1 heterocycles. The molecule has 0 fully saturated rings. The number of carbonyl (C=O) groups is 1. The first kappa shape index (κ1) is 16.0. The molecule has 118 valence electrons. The summed E-state index contributed by atoms with van der Waals surface area (Å²) in [7, 11) is 0. The summed E-state index contributed by atoms with van der Waals surface area (Å²) < 4.78 is 4.99. The molecule has 1 aromatic carbocycles. The minimum absolute atomic E-state index is 0.0504. The van der Waals surface area contributed by atoms with Gasteiger partial charge in [-0.05, 0) is 38.8 Å². The van der Waals surface area contributed by atoms with Crippen LogP contribution in [0.3, 0.4) is 0 Å². The molecule has 2 aromatic rings. The predicted octanol–water partition coefficient (Wildman–Crippen LogP) is 2.60. The van der Waals surface area contributed by atoms with Gasteiger partial charge < -0.3 is 15.2 Å². The van der Waals surface area contributed by atoms with Gasteiger partial charge in [0, 0.05) is 13.0 Å². The Bertz CT molecular complexity index is 651. The van der Waals surface area contributed by atoms with E-state index in [0.717, 1.165) is 5.56 Å². The third-order valence-electron chi connectivity index (χ3n) is 3.44. The van der Waals surface area contributed by atoms with Crippen molar-refractivity contribution in [2.45, 2.75) is 40.2 Å². The predicted molar refractivity (Wildman–Crippen MR) is 83.6 cm³/mol. The lowest BCUT2D eigenvalue weighted by Crippen LogP contribution is -2.38. The summed E-state index contributed by atoms with van der Waals surface area (Å²) in [6, 6.07) is 5.98. The average Bonchev–Trinajstić information content (AvgIpc) is 2.87. The van der Waals surface area contributed by atoms with Crippen molar-refractivity contribution in [1.82, 2.24) is 20.8 Å². The molecule has 0 saturated carbocycles. The van der Waals surface area contributed by atoms with E-state index < -0.39 is 0 Å². The zero-order valence-corrected chi connectivity index (χ0v) is 13.4. The van der Waals surface area contributed by atoms with Crippen molar-refractivity contribution in [2.75, 3.05) is 6.54 Å². The zero-order valence-electron chi connectivity index (χ0n) is 13.4. The van der Waals surface area contributed by atoms with Crippen LogP contribution in [0.1, 0.15) is 41.4 Å². The smallest absolute Gasteiger partial charge is 0.315 e. The van der Waals surface area contributed by atoms with Crippen LogP contribution in [0.5, 0.6) is 0 Å². The molecule has 0 saturated heterocycles. The largest absolute Gasteiger partial charge is 0.339 e. The van der Waals surface area contributed by atoms with E-state index in [4.69, 9.17) is 4.52 Å². The Morgan fingerprint density at radius 1 is 1.32 bits per heavy atom. The average molecular weight is 302 g/mol. The van der Waals surface area contributed by atoms with Gasteiger partial charge in [-0.15, -0.1) is 0 Å². The van der Waals surface area contributed by atoms with Crippen LogP contribution in [0.15, 0.2) is 22.7 Å². The number of amides is 2. The van der Waals surface area contributed by atoms with Gasteiger partial charge in [-0.2, -0.15) is 4.98 Å². The van der Waals surface area contributed by atoms with Crippen molar-refractivity contribution in [2.24, 2.45) is 0 Å². The number of carbonyl (C=O) groups excluding carboxylic acids is 1. The number of nitrogens with one attached hydrogen (secondary N) is 2. The second-order valence-electron chi connectivity index (χ2n) is 5.47. The van der Waals surface area contributed by atoms with Crippen molar-refractivity contribution in [3.05, 3.63) is 46.6 Å². The van der Waals surface area contributed by atoms with E-state index in [2.05, 4.69) is 39.0 Å². The van der Waals surface area contributed by atoms with E-state index in [1.165, 1.54) is 11.1 Å². The van der Waals surface area contributed by atoms with E-state index in [-0.39, 0.29) is 12.1 Å². The number of rotatable bonds is 5. The van der Waals surface area contributed by atoms with Crippen molar-refractivity contribution in [3.63, 3.8) is 0 Å². The number of hydrogen-bond donors (Lipinski definition) is 2. The number of aromatic nitrogens is 2. The lowest BCUT2D eigenvalue weighted by Gasteiger charge is -2.17. The first-order chi connectivity index (χ1) is 10.5. The first-order valence-corrected chi connectivity index (χ1v) is 7.36. The van der Waals surface area contributed by atoms with Gasteiger partial charge >= 0.3 is 6.03 Å². The van der Waals surface area contributed by atoms with E-state index >= 15 is 0 Å². The van der Waals surface area contributed by atoms with Gasteiger partial charge in [-0.3, -0.25) is 0 Å². The maximum atomic E-state index is 11.9. The van der Waals surface area contributed by atoms with Gasteiger partial charge in [0.05, 0.1) is 6.04 Å². The summed E-state index contributed by atoms with van der Waals surface area (Å²) in [6.07, 6.45) is 0.520. The van der Waals surface area contributed by atoms with Crippen LogP contribution in [0, 0.1) is 20.8 Å². The van der Waals surface area contributed by atoms with Crippen molar-refractivity contribution < 1.29 is 9.32 Å². The Kier molecular flexibility index (Phi) is 5.14. The molecule has 2 N–H and O–H groups in total. The fourth-order valence-electron chi connectivity index (χ4n) is 2.28. The summed E-state index contributed by atoms with van der Waals surface area (Å²) in [5.41, 5.74) is 3.48. The number of hydrogen-bond acceptors (Lipinski definition) is 4. The van der Waals surface area contributed by atoms with Gasteiger partial charge in [-0.1, -0.05) is 28.9 Å². The van der Waals surface area contributed by atoms with Gasteiger partial charge in [0.2, 0.25) is 5.89 Å². The van der Waals surface area contributed by atoms with Crippen molar-refractivity contribution >= 4 is 6.03 Å². The lowest BCUT2D eigenvalue weighted by molar-refractivity contribution is 0.237. The number of nitrogens with zero attached hydrogens (tertiary/aromatic N) is 2. The Hall–Kier alpha value is -2.37. The molecule has 0 aliphatic heterocycles. The van der Waals surface area contributed by atoms with Crippen LogP contribution in [-0.2, 0) is 6.42 Å². The molecule has 0 radical (unpaired) electrons. The molecule has 6 nitrogen and oxygen atoms in total. The fourth-order valence-corrected chi connectivity index (χ4v) is 2.28. The fraction of sp³-hybridized carbons (Fsp3) is 0.438. The Balaban J connectivity index is 1.82. The number of benzene rings is 1. The third kappa shape index (κ3) is 4.31. The second-order valence-corrected chi connectivity index (χ2v) is 5.47. The van der Waals surface area contributed by atoms with Crippen LogP contribution in [0.4, 0.5) is 4.79 Å². The first-order valence-electron chi connectivity index (χ1n) is 7.36. The topological polar surface area (TPSA) is 80.0 Å². The Morgan fingerprint density at radius 3 is 2.77 bits per heavy atom. The Morgan fingerprint density at radius 2 is 2.09 bits per heavy atom. The highest BCUT2D eigenvalue weighted by atomic mass is 16.5. The van der Waals surface area contributed by atoms with Crippen LogP contribution >= 0.6 is 0 Å². The van der Waals surface area contributed by atoms with E-state index in [1.54, 1.807) is 6.92 Å². The summed E-state index contributed by atoms with van der Waals surface area (Å²) in [5, 5.41) is 9.44. The van der Waals surface area contributed by atoms with Crippen molar-refractivity contribution in [3.8, 4) is 0 Å². The summed E-state index contributed by atoms with van der Waals surface area (Å²) in [5.74, 6) is 1.13. The van der Waals surface area contributed by atoms with Gasteiger partial charge in [0.1, 0.15) is 0 Å². The molecule has 0 aliphatic carbocycles. The minimum atomic E-state index is -0.204. The van der Waals surface area contributed by atoms with Gasteiger partial charge in [0.15, 0.2) is 5.82 Å². The van der Waals surface area contributed by atoms with E-state index in [1.807, 2.05) is 20.8 Å². The SMILES string of the molecule is Cc1ccc(C)c(C(C)NC(=O)NCCc2nc(C)no2)c1. The third-order valence-corrected chi connectivity index (χ3v) is 3.44. The minimum Gasteiger partial charge on any atom is -0.339 e. The normalized spacial score (nSPS) is 12.0. The maximum Gasteiger partial charge on any atom is 0.315 e. The van der Waals surface area contributed by atoms with E-state index in [9.17, 15) is 4.79 Å². The second kappa shape index (κ2) is 7.06. The highest BCUT2D eigenvalue weighted by Crippen LogP contribution is 2.18. The quantitative estimate of drug-likeness (QED) is 0.889. The molecule has 0 aliphatic rings. The van der Waals surface area contributed by atoms with Gasteiger partial charge in [0.25, 0.3) is 0 Å². The van der Waals surface area contributed by atoms with Crippen LogP contribution in [0.25, 0.3) is 0 Å². The highest BCUT2D eigenvalue weighted by Gasteiger charge is 2.12. The van der Waals surface area contributed by atoms with Crippen LogP contribution in [0.2, 0.25) is 0 Å². The maximum absolute atomic E-state index is 11.9. The van der Waals surface area contributed by atoms with Crippen LogP contribution < -0.4 is 10.6 Å². The molecule has 1 atom stereocenters. The number of aryl methyl sites for hydroxylation is 3. The standard InChI is InChI=1S/C16H22N4O2/c1-10-5-6-11(2)14(9-10)12(3)18-16(21)17-8-7-15-19-13(4)20-22-15/h5-6,9,12H,7-8H2,1-4H3,(H2,17,18,21). The Labute approximate surface area is 130 Å². The molecule has 0 spiro atoms. The van der Waals surface area contributed by atoms with Crippen molar-refractivity contribution in [1.29, 1.82) is 0 Å². The van der Waals surface area contributed by atoms with Gasteiger partial charge in [-0.25, -0.2) is 4.79 Å². The summed E-state index contributed by atoms with van der Waals surface area (Å²) >= 11 is 0. The lowest BCUT2D eigenvalue weighted by atomic mass is 10.0. The molecule has 1 unspecified atom stereocenters.